The fraction of sp³-hybridized carbons (Fsp3) is 0.571. The molecule has 3 heteroatoms. The molecular formula is C7H12N2O. The van der Waals surface area contributed by atoms with E-state index in [1.165, 1.54) is 0 Å². The van der Waals surface area contributed by atoms with E-state index in [0.717, 1.165) is 11.3 Å². The molecule has 0 amide bonds. The molecule has 0 saturated heterocycles. The fourth-order valence-corrected chi connectivity index (χ4v) is 1.03. The Bertz CT molecular complexity index is 228. The van der Waals surface area contributed by atoms with Crippen LogP contribution in [0.2, 0.25) is 0 Å². The predicted octanol–water partition coefficient (Wildman–Crippen LogP) is 0.782. The van der Waals surface area contributed by atoms with E-state index in [1.807, 2.05) is 20.2 Å². The average molecular weight is 140 g/mol. The van der Waals surface area contributed by atoms with E-state index in [0.29, 0.717) is 0 Å². The summed E-state index contributed by atoms with van der Waals surface area (Å²) < 4.78 is 1.71. The van der Waals surface area contributed by atoms with Crippen molar-refractivity contribution in [2.24, 2.45) is 7.05 Å². The monoisotopic (exact) mass is 140 g/mol. The maximum atomic E-state index is 9.16. The Morgan fingerprint density at radius 3 is 2.50 bits per heavy atom. The zero-order valence-corrected chi connectivity index (χ0v) is 6.50. The smallest absolute Gasteiger partial charge is 0.0795 e. The van der Waals surface area contributed by atoms with Crippen LogP contribution in [-0.2, 0) is 7.05 Å². The van der Waals surface area contributed by atoms with Crippen molar-refractivity contribution < 1.29 is 5.11 Å². The second-order valence-corrected chi connectivity index (χ2v) is 2.52. The minimum absolute atomic E-state index is 0.409. The molecule has 0 aliphatic carbocycles. The number of aliphatic hydroxyl groups excluding tert-OH is 1. The highest BCUT2D eigenvalue weighted by molar-refractivity contribution is 5.17. The summed E-state index contributed by atoms with van der Waals surface area (Å²) in [5.41, 5.74) is 1.81. The van der Waals surface area contributed by atoms with E-state index in [4.69, 9.17) is 5.11 Å². The maximum absolute atomic E-state index is 9.16. The van der Waals surface area contributed by atoms with Crippen LogP contribution in [0.5, 0.6) is 0 Å². The van der Waals surface area contributed by atoms with Gasteiger partial charge in [-0.1, -0.05) is 0 Å². The Morgan fingerprint density at radius 1 is 1.70 bits per heavy atom. The zero-order chi connectivity index (χ0) is 7.72. The summed E-state index contributed by atoms with van der Waals surface area (Å²) in [5, 5.41) is 13.3. The largest absolute Gasteiger partial charge is 0.389 e. The number of rotatable bonds is 1. The van der Waals surface area contributed by atoms with Crippen molar-refractivity contribution in [3.63, 3.8) is 0 Å². The van der Waals surface area contributed by atoms with Crippen molar-refractivity contribution >= 4 is 0 Å². The van der Waals surface area contributed by atoms with Crippen LogP contribution < -0.4 is 0 Å². The van der Waals surface area contributed by atoms with Crippen LogP contribution in [0.25, 0.3) is 0 Å². The third-order valence-electron chi connectivity index (χ3n) is 1.50. The molecule has 0 radical (unpaired) electrons. The molecule has 0 bridgehead atoms. The molecule has 0 aromatic carbocycles. The normalized spacial score (nSPS) is 13.6. The average Bonchev–Trinajstić information content (AvgIpc) is 2.10. The van der Waals surface area contributed by atoms with E-state index in [2.05, 4.69) is 5.10 Å². The highest BCUT2D eigenvalue weighted by Crippen LogP contribution is 2.13. The van der Waals surface area contributed by atoms with Gasteiger partial charge in [0.1, 0.15) is 0 Å². The highest BCUT2D eigenvalue weighted by atomic mass is 16.3. The van der Waals surface area contributed by atoms with E-state index in [-0.39, 0.29) is 0 Å². The molecule has 1 atom stereocenters. The molecule has 56 valence electrons. The molecule has 0 aliphatic rings. The topological polar surface area (TPSA) is 38.0 Å². The molecule has 0 fully saturated rings. The Kier molecular flexibility index (Phi) is 1.76. The van der Waals surface area contributed by atoms with Gasteiger partial charge in [0.15, 0.2) is 0 Å². The molecule has 1 aromatic rings. The van der Waals surface area contributed by atoms with E-state index in [9.17, 15) is 0 Å². The number of aromatic nitrogens is 2. The van der Waals surface area contributed by atoms with Crippen molar-refractivity contribution in [3.8, 4) is 0 Å². The van der Waals surface area contributed by atoms with Crippen LogP contribution in [0.4, 0.5) is 0 Å². The summed E-state index contributed by atoms with van der Waals surface area (Å²) >= 11 is 0. The summed E-state index contributed by atoms with van der Waals surface area (Å²) in [7, 11) is 1.85. The molecule has 1 aromatic heterocycles. The van der Waals surface area contributed by atoms with Gasteiger partial charge in [0, 0.05) is 18.8 Å². The van der Waals surface area contributed by atoms with Crippen LogP contribution in [0.3, 0.4) is 0 Å². The third kappa shape index (κ3) is 1.19. The lowest BCUT2D eigenvalue weighted by molar-refractivity contribution is 0.198. The van der Waals surface area contributed by atoms with E-state index >= 15 is 0 Å². The summed E-state index contributed by atoms with van der Waals surface area (Å²) in [6.45, 7) is 3.63. The lowest BCUT2D eigenvalue weighted by Crippen LogP contribution is -1.90. The molecule has 3 nitrogen and oxygen atoms in total. The Morgan fingerprint density at radius 2 is 2.30 bits per heavy atom. The van der Waals surface area contributed by atoms with Gasteiger partial charge < -0.3 is 5.11 Å². The van der Waals surface area contributed by atoms with Gasteiger partial charge in [-0.2, -0.15) is 5.10 Å². The Hall–Kier alpha value is -0.830. The minimum Gasteiger partial charge on any atom is -0.389 e. The van der Waals surface area contributed by atoms with Crippen molar-refractivity contribution in [1.82, 2.24) is 9.78 Å². The maximum Gasteiger partial charge on any atom is 0.0795 e. The minimum atomic E-state index is -0.409. The van der Waals surface area contributed by atoms with Crippen molar-refractivity contribution in [2.75, 3.05) is 0 Å². The molecule has 0 aliphatic heterocycles. The molecule has 10 heavy (non-hydrogen) atoms. The summed E-state index contributed by atoms with van der Waals surface area (Å²) in [4.78, 5) is 0. The van der Waals surface area contributed by atoms with E-state index in [1.54, 1.807) is 11.6 Å². The molecular weight excluding hydrogens is 128 g/mol. The van der Waals surface area contributed by atoms with Crippen LogP contribution in [0, 0.1) is 6.92 Å². The molecule has 0 unspecified atom stereocenters. The SMILES string of the molecule is Cc1nn(C)cc1[C@@H](C)O. The molecule has 1 heterocycles. The van der Waals surface area contributed by atoms with Gasteiger partial charge >= 0.3 is 0 Å². The van der Waals surface area contributed by atoms with Gasteiger partial charge in [0.2, 0.25) is 0 Å². The van der Waals surface area contributed by atoms with Gasteiger partial charge in [0.25, 0.3) is 0 Å². The number of nitrogens with zero attached hydrogens (tertiary/aromatic N) is 2. The van der Waals surface area contributed by atoms with Crippen molar-refractivity contribution in [2.45, 2.75) is 20.0 Å². The van der Waals surface area contributed by atoms with Crippen LogP contribution in [0.15, 0.2) is 6.20 Å². The van der Waals surface area contributed by atoms with Gasteiger partial charge in [-0.05, 0) is 13.8 Å². The quantitative estimate of drug-likeness (QED) is 0.626. The summed E-state index contributed by atoms with van der Waals surface area (Å²) in [6.07, 6.45) is 1.42. The van der Waals surface area contributed by atoms with Gasteiger partial charge in [-0.25, -0.2) is 0 Å². The first-order chi connectivity index (χ1) is 4.61. The first kappa shape index (κ1) is 7.28. The number of hydrogen-bond acceptors (Lipinski definition) is 2. The number of aryl methyl sites for hydroxylation is 2. The summed E-state index contributed by atoms with van der Waals surface area (Å²) in [6, 6.07) is 0. The lowest BCUT2D eigenvalue weighted by atomic mass is 10.2. The first-order valence-electron chi connectivity index (χ1n) is 3.29. The Labute approximate surface area is 60.3 Å². The molecule has 1 N–H and O–H groups in total. The van der Waals surface area contributed by atoms with Gasteiger partial charge in [0.05, 0.1) is 11.8 Å². The number of hydrogen-bond donors (Lipinski definition) is 1. The Balaban J connectivity index is 3.03. The second-order valence-electron chi connectivity index (χ2n) is 2.52. The van der Waals surface area contributed by atoms with Gasteiger partial charge in [-0.15, -0.1) is 0 Å². The molecule has 0 spiro atoms. The van der Waals surface area contributed by atoms with E-state index < -0.39 is 6.10 Å². The van der Waals surface area contributed by atoms with Crippen LogP contribution in [-0.4, -0.2) is 14.9 Å². The third-order valence-corrected chi connectivity index (χ3v) is 1.50. The van der Waals surface area contributed by atoms with Gasteiger partial charge in [-0.3, -0.25) is 4.68 Å². The fourth-order valence-electron chi connectivity index (χ4n) is 1.03. The summed E-state index contributed by atoms with van der Waals surface area (Å²) in [5.74, 6) is 0. The standard InChI is InChI=1S/C7H12N2O/c1-5-7(6(2)10)4-9(3)8-5/h4,6,10H,1-3H3/t6-/m1/s1. The van der Waals surface area contributed by atoms with Crippen LogP contribution >= 0.6 is 0 Å². The molecule has 0 saturated carbocycles. The predicted molar refractivity (Wildman–Crippen MR) is 38.6 cm³/mol. The van der Waals surface area contributed by atoms with Crippen molar-refractivity contribution in [3.05, 3.63) is 17.5 Å². The second kappa shape index (κ2) is 2.42. The molecule has 1 rings (SSSR count). The zero-order valence-electron chi connectivity index (χ0n) is 6.50. The van der Waals surface area contributed by atoms with Crippen molar-refractivity contribution in [1.29, 1.82) is 0 Å². The highest BCUT2D eigenvalue weighted by Gasteiger charge is 2.06. The lowest BCUT2D eigenvalue weighted by Gasteiger charge is -1.98. The number of aliphatic hydroxyl groups is 1. The first-order valence-corrected chi connectivity index (χ1v) is 3.29. The van der Waals surface area contributed by atoms with Crippen LogP contribution in [0.1, 0.15) is 24.3 Å².